The van der Waals surface area contributed by atoms with Crippen LogP contribution in [0.4, 0.5) is 14.5 Å². The monoisotopic (exact) mass is 301 g/mol. The van der Waals surface area contributed by atoms with Crippen LogP contribution in [0.1, 0.15) is 10.4 Å². The van der Waals surface area contributed by atoms with Crippen molar-refractivity contribution in [2.45, 2.75) is 0 Å². The molecule has 0 saturated carbocycles. The van der Waals surface area contributed by atoms with Gasteiger partial charge in [0.2, 0.25) is 0 Å². The Kier molecular flexibility index (Phi) is 3.57. The first-order chi connectivity index (χ1) is 10.6. The van der Waals surface area contributed by atoms with E-state index in [4.69, 9.17) is 0 Å². The lowest BCUT2D eigenvalue weighted by atomic mass is 10.1. The summed E-state index contributed by atoms with van der Waals surface area (Å²) in [5, 5.41) is 13.2. The molecule has 0 aliphatic rings. The summed E-state index contributed by atoms with van der Waals surface area (Å²) >= 11 is 0. The SMILES string of the molecule is O=C(Nc1ccc(-n2cnnn2)cc1)c1c(F)cccc1F. The maximum atomic E-state index is 13.5. The highest BCUT2D eigenvalue weighted by Gasteiger charge is 2.17. The summed E-state index contributed by atoms with van der Waals surface area (Å²) in [5.41, 5.74) is 0.455. The van der Waals surface area contributed by atoms with Gasteiger partial charge in [-0.25, -0.2) is 13.5 Å². The molecule has 0 aliphatic carbocycles. The zero-order chi connectivity index (χ0) is 15.5. The van der Waals surface area contributed by atoms with Gasteiger partial charge in [-0.05, 0) is 46.8 Å². The minimum atomic E-state index is -0.914. The maximum Gasteiger partial charge on any atom is 0.261 e. The molecule has 1 heterocycles. The number of nitrogens with one attached hydrogen (secondary N) is 1. The highest BCUT2D eigenvalue weighted by Crippen LogP contribution is 2.16. The van der Waals surface area contributed by atoms with Crippen molar-refractivity contribution in [2.75, 3.05) is 5.32 Å². The van der Waals surface area contributed by atoms with E-state index >= 15 is 0 Å². The second-order valence-electron chi connectivity index (χ2n) is 4.35. The molecule has 1 aromatic heterocycles. The Hall–Kier alpha value is -3.16. The lowest BCUT2D eigenvalue weighted by Gasteiger charge is -2.07. The molecule has 0 atom stereocenters. The number of hydrogen-bond acceptors (Lipinski definition) is 4. The van der Waals surface area contributed by atoms with Crippen LogP contribution in [-0.4, -0.2) is 26.1 Å². The van der Waals surface area contributed by atoms with E-state index in [0.717, 1.165) is 12.1 Å². The first-order valence-electron chi connectivity index (χ1n) is 6.24. The van der Waals surface area contributed by atoms with Crippen molar-refractivity contribution in [3.05, 3.63) is 66.0 Å². The fourth-order valence-corrected chi connectivity index (χ4v) is 1.89. The number of carbonyl (C=O) groups is 1. The number of carbonyl (C=O) groups excluding carboxylic acids is 1. The number of hydrogen-bond donors (Lipinski definition) is 1. The lowest BCUT2D eigenvalue weighted by Crippen LogP contribution is -2.15. The number of amides is 1. The molecule has 0 spiro atoms. The molecular formula is C14H9F2N5O. The molecule has 1 amide bonds. The van der Waals surface area contributed by atoms with Crippen LogP contribution >= 0.6 is 0 Å². The van der Waals surface area contributed by atoms with Gasteiger partial charge in [-0.1, -0.05) is 6.07 Å². The van der Waals surface area contributed by atoms with E-state index < -0.39 is 23.1 Å². The molecule has 0 radical (unpaired) electrons. The Morgan fingerprint density at radius 3 is 2.32 bits per heavy atom. The van der Waals surface area contributed by atoms with Crippen LogP contribution in [-0.2, 0) is 0 Å². The number of benzene rings is 2. The van der Waals surface area contributed by atoms with Gasteiger partial charge in [-0.3, -0.25) is 4.79 Å². The van der Waals surface area contributed by atoms with E-state index in [2.05, 4.69) is 20.8 Å². The zero-order valence-electron chi connectivity index (χ0n) is 11.1. The van der Waals surface area contributed by atoms with E-state index in [1.54, 1.807) is 24.3 Å². The van der Waals surface area contributed by atoms with E-state index in [1.165, 1.54) is 17.1 Å². The highest BCUT2D eigenvalue weighted by molar-refractivity contribution is 6.04. The molecule has 0 saturated heterocycles. The van der Waals surface area contributed by atoms with Gasteiger partial charge >= 0.3 is 0 Å². The predicted molar refractivity (Wildman–Crippen MR) is 73.5 cm³/mol. The maximum absolute atomic E-state index is 13.5. The molecule has 8 heteroatoms. The molecule has 3 rings (SSSR count). The summed E-state index contributed by atoms with van der Waals surface area (Å²) in [6.45, 7) is 0. The van der Waals surface area contributed by atoms with Crippen LogP contribution in [0.3, 0.4) is 0 Å². The minimum Gasteiger partial charge on any atom is -0.322 e. The second kappa shape index (κ2) is 5.68. The standard InChI is InChI=1S/C14H9F2N5O/c15-11-2-1-3-12(16)13(11)14(22)18-9-4-6-10(7-5-9)21-8-17-19-20-21/h1-8H,(H,18,22). The van der Waals surface area contributed by atoms with Crippen LogP contribution in [0.15, 0.2) is 48.8 Å². The lowest BCUT2D eigenvalue weighted by molar-refractivity contribution is 0.101. The summed E-state index contributed by atoms with van der Waals surface area (Å²) in [6, 6.07) is 9.72. The van der Waals surface area contributed by atoms with E-state index in [9.17, 15) is 13.6 Å². The summed E-state index contributed by atoms with van der Waals surface area (Å²) in [5.74, 6) is -2.68. The van der Waals surface area contributed by atoms with Crippen molar-refractivity contribution in [1.82, 2.24) is 20.2 Å². The number of tetrazole rings is 1. The van der Waals surface area contributed by atoms with Crippen LogP contribution in [0.25, 0.3) is 5.69 Å². The molecule has 2 aromatic carbocycles. The van der Waals surface area contributed by atoms with Crippen molar-refractivity contribution in [3.8, 4) is 5.69 Å². The van der Waals surface area contributed by atoms with Gasteiger partial charge in [0.1, 0.15) is 23.5 Å². The fraction of sp³-hybridized carbons (Fsp3) is 0. The average Bonchev–Trinajstić information content (AvgIpc) is 3.02. The van der Waals surface area contributed by atoms with Crippen molar-refractivity contribution >= 4 is 11.6 Å². The van der Waals surface area contributed by atoms with Gasteiger partial charge < -0.3 is 5.32 Å². The van der Waals surface area contributed by atoms with Crippen LogP contribution in [0.5, 0.6) is 0 Å². The van der Waals surface area contributed by atoms with Crippen molar-refractivity contribution < 1.29 is 13.6 Å². The molecule has 0 aliphatic heterocycles. The van der Waals surface area contributed by atoms with Crippen LogP contribution in [0.2, 0.25) is 0 Å². The smallest absolute Gasteiger partial charge is 0.261 e. The normalized spacial score (nSPS) is 10.5. The summed E-state index contributed by atoms with van der Waals surface area (Å²) in [6.07, 6.45) is 1.42. The number of anilines is 1. The number of rotatable bonds is 3. The Labute approximate surface area is 123 Å². The molecule has 1 N–H and O–H groups in total. The van der Waals surface area contributed by atoms with Crippen LogP contribution < -0.4 is 5.32 Å². The quantitative estimate of drug-likeness (QED) is 0.805. The molecule has 0 bridgehead atoms. The van der Waals surface area contributed by atoms with Crippen molar-refractivity contribution in [1.29, 1.82) is 0 Å². The molecule has 0 unspecified atom stereocenters. The Morgan fingerprint density at radius 1 is 1.05 bits per heavy atom. The molecule has 3 aromatic rings. The summed E-state index contributed by atoms with van der Waals surface area (Å²) in [4.78, 5) is 11.9. The highest BCUT2D eigenvalue weighted by atomic mass is 19.1. The second-order valence-corrected chi connectivity index (χ2v) is 4.35. The molecular weight excluding hydrogens is 292 g/mol. The number of halogens is 2. The van der Waals surface area contributed by atoms with Gasteiger partial charge in [-0.15, -0.1) is 5.10 Å². The number of nitrogens with zero attached hydrogens (tertiary/aromatic N) is 4. The first kappa shape index (κ1) is 13.8. The average molecular weight is 301 g/mol. The van der Waals surface area contributed by atoms with Gasteiger partial charge in [0.15, 0.2) is 0 Å². The first-order valence-corrected chi connectivity index (χ1v) is 6.24. The van der Waals surface area contributed by atoms with Gasteiger partial charge in [0.05, 0.1) is 5.69 Å². The van der Waals surface area contributed by atoms with Gasteiger partial charge in [0.25, 0.3) is 5.91 Å². The Bertz CT molecular complexity index is 782. The van der Waals surface area contributed by atoms with Gasteiger partial charge in [0, 0.05) is 5.69 Å². The van der Waals surface area contributed by atoms with Gasteiger partial charge in [-0.2, -0.15) is 0 Å². The van der Waals surface area contributed by atoms with Crippen molar-refractivity contribution in [3.63, 3.8) is 0 Å². The topological polar surface area (TPSA) is 72.7 Å². The zero-order valence-corrected chi connectivity index (χ0v) is 11.1. The molecule has 6 nitrogen and oxygen atoms in total. The summed E-state index contributed by atoms with van der Waals surface area (Å²) < 4.78 is 28.5. The third-order valence-electron chi connectivity index (χ3n) is 2.93. The fourth-order valence-electron chi connectivity index (χ4n) is 1.89. The predicted octanol–water partition coefficient (Wildman–Crippen LogP) is 2.19. The third-order valence-corrected chi connectivity index (χ3v) is 2.93. The molecule has 110 valence electrons. The van der Waals surface area contributed by atoms with E-state index in [0.29, 0.717) is 11.4 Å². The molecule has 22 heavy (non-hydrogen) atoms. The summed E-state index contributed by atoms with van der Waals surface area (Å²) in [7, 11) is 0. The molecule has 0 fully saturated rings. The largest absolute Gasteiger partial charge is 0.322 e. The Morgan fingerprint density at radius 2 is 1.73 bits per heavy atom. The third kappa shape index (κ3) is 2.66. The van der Waals surface area contributed by atoms with E-state index in [-0.39, 0.29) is 0 Å². The van der Waals surface area contributed by atoms with Crippen molar-refractivity contribution in [2.24, 2.45) is 0 Å². The Balaban J connectivity index is 1.80. The number of aromatic nitrogens is 4. The van der Waals surface area contributed by atoms with E-state index in [1.807, 2.05) is 0 Å². The minimum absolute atomic E-state index is 0.393. The van der Waals surface area contributed by atoms with Crippen LogP contribution in [0, 0.1) is 11.6 Å².